The molecule has 6 nitrogen and oxygen atoms in total. The van der Waals surface area contributed by atoms with Gasteiger partial charge in [-0.3, -0.25) is 10.1 Å². The lowest BCUT2D eigenvalue weighted by Crippen LogP contribution is -2.16. The molecule has 0 aliphatic carbocycles. The topological polar surface area (TPSA) is 88.0 Å². The summed E-state index contributed by atoms with van der Waals surface area (Å²) < 4.78 is 0. The zero-order valence-electron chi connectivity index (χ0n) is 9.87. The minimum atomic E-state index is -0.450. The van der Waals surface area contributed by atoms with Crippen molar-refractivity contribution in [2.45, 2.75) is 0 Å². The predicted octanol–water partition coefficient (Wildman–Crippen LogP) is 0.468. The van der Waals surface area contributed by atoms with Crippen molar-refractivity contribution in [2.24, 2.45) is 0 Å². The standard InChI is InChI=1S/C13H10N4O2/c18-9-2-5-10-4-1-6-14-11(10)12(19)17-13-15-7-3-8-16-13/h1,3-4,6-8,18H,9H2,(H,15,16,17,19). The first kappa shape index (κ1) is 12.7. The number of nitrogens with one attached hydrogen (secondary N) is 1. The van der Waals surface area contributed by atoms with Gasteiger partial charge in [0.2, 0.25) is 5.95 Å². The molecule has 2 aromatic heterocycles. The number of pyridine rings is 1. The average molecular weight is 254 g/mol. The van der Waals surface area contributed by atoms with Gasteiger partial charge in [0.25, 0.3) is 5.91 Å². The number of hydrogen-bond acceptors (Lipinski definition) is 5. The number of carbonyl (C=O) groups excluding carboxylic acids is 1. The Balaban J connectivity index is 2.24. The van der Waals surface area contributed by atoms with Crippen LogP contribution >= 0.6 is 0 Å². The summed E-state index contributed by atoms with van der Waals surface area (Å²) in [6.45, 7) is -0.280. The molecule has 0 radical (unpaired) electrons. The van der Waals surface area contributed by atoms with Crippen LogP contribution in [0.1, 0.15) is 16.1 Å². The Hall–Kier alpha value is -2.78. The van der Waals surface area contributed by atoms with Gasteiger partial charge in [-0.05, 0) is 18.2 Å². The van der Waals surface area contributed by atoms with Crippen molar-refractivity contribution in [3.05, 3.63) is 48.0 Å². The molecule has 0 saturated heterocycles. The molecule has 0 aliphatic rings. The Morgan fingerprint density at radius 3 is 2.68 bits per heavy atom. The third-order valence-corrected chi connectivity index (χ3v) is 2.12. The number of aliphatic hydroxyl groups excluding tert-OH is 1. The second-order valence-electron chi connectivity index (χ2n) is 3.39. The van der Waals surface area contributed by atoms with E-state index in [1.165, 1.54) is 18.6 Å². The van der Waals surface area contributed by atoms with Crippen molar-refractivity contribution in [2.75, 3.05) is 11.9 Å². The number of aliphatic hydroxyl groups is 1. The molecule has 6 heteroatoms. The molecule has 0 aliphatic heterocycles. The fourth-order valence-electron chi connectivity index (χ4n) is 1.35. The summed E-state index contributed by atoms with van der Waals surface area (Å²) in [6.07, 6.45) is 4.53. The Kier molecular flexibility index (Phi) is 4.16. The molecule has 2 heterocycles. The van der Waals surface area contributed by atoms with E-state index >= 15 is 0 Å². The average Bonchev–Trinajstić information content (AvgIpc) is 2.46. The molecule has 0 saturated carbocycles. The lowest BCUT2D eigenvalue weighted by molar-refractivity contribution is 0.102. The molecule has 19 heavy (non-hydrogen) atoms. The van der Waals surface area contributed by atoms with E-state index in [4.69, 9.17) is 5.11 Å². The van der Waals surface area contributed by atoms with Crippen molar-refractivity contribution in [1.82, 2.24) is 15.0 Å². The van der Waals surface area contributed by atoms with Crippen LogP contribution in [0.5, 0.6) is 0 Å². The van der Waals surface area contributed by atoms with Crippen LogP contribution in [-0.4, -0.2) is 32.6 Å². The van der Waals surface area contributed by atoms with Crippen LogP contribution < -0.4 is 5.32 Å². The SMILES string of the molecule is O=C(Nc1ncccn1)c1ncccc1C#CCO. The molecule has 0 spiro atoms. The lowest BCUT2D eigenvalue weighted by Gasteiger charge is -2.03. The minimum Gasteiger partial charge on any atom is -0.384 e. The number of nitrogens with zero attached hydrogens (tertiary/aromatic N) is 3. The maximum absolute atomic E-state index is 12.0. The van der Waals surface area contributed by atoms with Crippen LogP contribution in [0.4, 0.5) is 5.95 Å². The fraction of sp³-hybridized carbons (Fsp3) is 0.0769. The van der Waals surface area contributed by atoms with E-state index in [1.807, 2.05) is 0 Å². The summed E-state index contributed by atoms with van der Waals surface area (Å²) in [6, 6.07) is 4.96. The summed E-state index contributed by atoms with van der Waals surface area (Å²) in [7, 11) is 0. The molecule has 2 rings (SSSR count). The van der Waals surface area contributed by atoms with Crippen molar-refractivity contribution in [1.29, 1.82) is 0 Å². The van der Waals surface area contributed by atoms with Crippen LogP contribution in [-0.2, 0) is 0 Å². The maximum atomic E-state index is 12.0. The smallest absolute Gasteiger partial charge is 0.277 e. The molecule has 0 aromatic carbocycles. The molecule has 94 valence electrons. The van der Waals surface area contributed by atoms with Gasteiger partial charge in [0, 0.05) is 18.6 Å². The molecule has 2 N–H and O–H groups in total. The molecule has 0 fully saturated rings. The molecule has 0 atom stereocenters. The van der Waals surface area contributed by atoms with Crippen molar-refractivity contribution in [3.63, 3.8) is 0 Å². The van der Waals surface area contributed by atoms with E-state index in [2.05, 4.69) is 32.1 Å². The zero-order valence-corrected chi connectivity index (χ0v) is 9.87. The molecular weight excluding hydrogens is 244 g/mol. The third kappa shape index (κ3) is 3.34. The first-order valence-corrected chi connectivity index (χ1v) is 5.44. The molecule has 0 bridgehead atoms. The van der Waals surface area contributed by atoms with Crippen LogP contribution in [0, 0.1) is 11.8 Å². The van der Waals surface area contributed by atoms with Crippen LogP contribution in [0.15, 0.2) is 36.8 Å². The van der Waals surface area contributed by atoms with Gasteiger partial charge >= 0.3 is 0 Å². The number of anilines is 1. The normalized spacial score (nSPS) is 9.32. The number of hydrogen-bond donors (Lipinski definition) is 2. The first-order chi connectivity index (χ1) is 9.31. The predicted molar refractivity (Wildman–Crippen MR) is 68.2 cm³/mol. The molecule has 0 unspecified atom stereocenters. The highest BCUT2D eigenvalue weighted by molar-refractivity contribution is 6.03. The number of rotatable bonds is 2. The van der Waals surface area contributed by atoms with Crippen LogP contribution in [0.25, 0.3) is 0 Å². The van der Waals surface area contributed by atoms with Gasteiger partial charge in [-0.15, -0.1) is 0 Å². The quantitative estimate of drug-likeness (QED) is 0.760. The van der Waals surface area contributed by atoms with Gasteiger partial charge < -0.3 is 5.11 Å². The highest BCUT2D eigenvalue weighted by Gasteiger charge is 2.12. The van der Waals surface area contributed by atoms with Gasteiger partial charge in [0.1, 0.15) is 12.3 Å². The summed E-state index contributed by atoms with van der Waals surface area (Å²) in [5.41, 5.74) is 0.598. The van der Waals surface area contributed by atoms with Crippen LogP contribution in [0.3, 0.4) is 0 Å². The summed E-state index contributed by atoms with van der Waals surface area (Å²) in [5.74, 6) is 4.89. The monoisotopic (exact) mass is 254 g/mol. The Labute approximate surface area is 109 Å². The Morgan fingerprint density at radius 2 is 1.95 bits per heavy atom. The first-order valence-electron chi connectivity index (χ1n) is 5.44. The van der Waals surface area contributed by atoms with E-state index in [9.17, 15) is 4.79 Å². The number of aromatic nitrogens is 3. The van der Waals surface area contributed by atoms with Gasteiger partial charge in [-0.2, -0.15) is 0 Å². The van der Waals surface area contributed by atoms with Gasteiger partial charge in [-0.1, -0.05) is 11.8 Å². The van der Waals surface area contributed by atoms with E-state index < -0.39 is 5.91 Å². The number of amides is 1. The van der Waals surface area contributed by atoms with Gasteiger partial charge in [0.05, 0.1) is 5.56 Å². The summed E-state index contributed by atoms with van der Waals surface area (Å²) in [5, 5.41) is 11.2. The second-order valence-corrected chi connectivity index (χ2v) is 3.39. The van der Waals surface area contributed by atoms with Crippen molar-refractivity contribution < 1.29 is 9.90 Å². The van der Waals surface area contributed by atoms with Gasteiger partial charge in [-0.25, -0.2) is 15.0 Å². The van der Waals surface area contributed by atoms with E-state index in [0.29, 0.717) is 5.56 Å². The third-order valence-electron chi connectivity index (χ3n) is 2.12. The van der Waals surface area contributed by atoms with Crippen LogP contribution in [0.2, 0.25) is 0 Å². The van der Waals surface area contributed by atoms with Crippen molar-refractivity contribution in [3.8, 4) is 11.8 Å². The maximum Gasteiger partial charge on any atom is 0.277 e. The number of carbonyl (C=O) groups is 1. The Bertz CT molecular complexity index is 632. The zero-order chi connectivity index (χ0) is 13.5. The fourth-order valence-corrected chi connectivity index (χ4v) is 1.35. The summed E-state index contributed by atoms with van der Waals surface area (Å²) in [4.78, 5) is 23.8. The largest absolute Gasteiger partial charge is 0.384 e. The van der Waals surface area contributed by atoms with E-state index in [0.717, 1.165) is 0 Å². The molecule has 2 aromatic rings. The second kappa shape index (κ2) is 6.23. The highest BCUT2D eigenvalue weighted by atomic mass is 16.2. The highest BCUT2D eigenvalue weighted by Crippen LogP contribution is 2.06. The van der Waals surface area contributed by atoms with Gasteiger partial charge in [0.15, 0.2) is 0 Å². The minimum absolute atomic E-state index is 0.163. The summed E-state index contributed by atoms with van der Waals surface area (Å²) >= 11 is 0. The van der Waals surface area contributed by atoms with E-state index in [-0.39, 0.29) is 18.2 Å². The van der Waals surface area contributed by atoms with Crippen molar-refractivity contribution >= 4 is 11.9 Å². The molecular formula is C13H10N4O2. The Morgan fingerprint density at radius 1 is 1.21 bits per heavy atom. The molecule has 1 amide bonds. The lowest BCUT2D eigenvalue weighted by atomic mass is 10.2. The van der Waals surface area contributed by atoms with E-state index in [1.54, 1.807) is 18.2 Å².